The number of amides is 1. The first kappa shape index (κ1) is 18.7. The Balaban J connectivity index is 1.82. The zero-order valence-corrected chi connectivity index (χ0v) is 14.1. The summed E-state index contributed by atoms with van der Waals surface area (Å²) < 4.78 is 5.43. The highest BCUT2D eigenvalue weighted by Crippen LogP contribution is 2.08. The lowest BCUT2D eigenvalue weighted by Crippen LogP contribution is -2.39. The van der Waals surface area contributed by atoms with Crippen LogP contribution in [0.2, 0.25) is 0 Å². The number of carboxylic acid groups (broad SMARTS) is 1. The maximum atomic E-state index is 12.1. The fraction of sp³-hybridized carbons (Fsp3) is 0.300. The van der Waals surface area contributed by atoms with Crippen molar-refractivity contribution < 1.29 is 19.4 Å². The van der Waals surface area contributed by atoms with E-state index in [0.717, 1.165) is 11.1 Å². The molecule has 0 fully saturated rings. The lowest BCUT2D eigenvalue weighted by atomic mass is 10.0. The number of ether oxygens (including phenoxy) is 1. The molecule has 1 atom stereocenters. The normalized spacial score (nSPS) is 11.7. The summed E-state index contributed by atoms with van der Waals surface area (Å²) in [5.74, 6) is -1.10. The van der Waals surface area contributed by atoms with Crippen LogP contribution in [-0.4, -0.2) is 29.6 Å². The van der Waals surface area contributed by atoms with Gasteiger partial charge in [-0.2, -0.15) is 0 Å². The molecule has 25 heavy (non-hydrogen) atoms. The van der Waals surface area contributed by atoms with Crippen LogP contribution in [0.3, 0.4) is 0 Å². The van der Waals surface area contributed by atoms with Crippen LogP contribution in [0.15, 0.2) is 60.7 Å². The third-order valence-corrected chi connectivity index (χ3v) is 3.74. The summed E-state index contributed by atoms with van der Waals surface area (Å²) >= 11 is 0. The highest BCUT2D eigenvalue weighted by atomic mass is 16.5. The number of carboxylic acids is 1. The molecule has 5 heteroatoms. The Hall–Kier alpha value is -2.66. The van der Waals surface area contributed by atoms with E-state index in [1.807, 2.05) is 60.7 Å². The highest BCUT2D eigenvalue weighted by Gasteiger charge is 2.15. The van der Waals surface area contributed by atoms with E-state index in [9.17, 15) is 9.59 Å². The van der Waals surface area contributed by atoms with E-state index in [1.54, 1.807) is 0 Å². The second-order valence-electron chi connectivity index (χ2n) is 5.86. The molecular weight excluding hydrogens is 318 g/mol. The van der Waals surface area contributed by atoms with Crippen LogP contribution in [0.25, 0.3) is 0 Å². The molecule has 0 radical (unpaired) electrons. The van der Waals surface area contributed by atoms with Crippen LogP contribution in [0.5, 0.6) is 0 Å². The summed E-state index contributed by atoms with van der Waals surface area (Å²) in [5, 5.41) is 11.8. The fourth-order valence-corrected chi connectivity index (χ4v) is 2.53. The Morgan fingerprint density at radius 2 is 1.56 bits per heavy atom. The Morgan fingerprint density at radius 3 is 2.16 bits per heavy atom. The smallest absolute Gasteiger partial charge is 0.303 e. The largest absolute Gasteiger partial charge is 0.481 e. The molecule has 0 aliphatic carbocycles. The molecule has 0 aliphatic heterocycles. The molecule has 0 aliphatic rings. The fourth-order valence-electron chi connectivity index (χ4n) is 2.53. The summed E-state index contributed by atoms with van der Waals surface area (Å²) in [6.07, 6.45) is 0.996. The van der Waals surface area contributed by atoms with Gasteiger partial charge in [0.15, 0.2) is 0 Å². The van der Waals surface area contributed by atoms with Gasteiger partial charge in [0.2, 0.25) is 5.91 Å². The summed E-state index contributed by atoms with van der Waals surface area (Å²) in [4.78, 5) is 22.9. The number of rotatable bonds is 10. The SMILES string of the molecule is O=C(O)CCC(Cc1ccccc1)NC(=O)COCc1ccccc1. The van der Waals surface area contributed by atoms with Gasteiger partial charge in [0.1, 0.15) is 6.61 Å². The van der Waals surface area contributed by atoms with Gasteiger partial charge < -0.3 is 15.2 Å². The summed E-state index contributed by atoms with van der Waals surface area (Å²) in [7, 11) is 0. The molecule has 5 nitrogen and oxygen atoms in total. The number of carbonyl (C=O) groups excluding carboxylic acids is 1. The van der Waals surface area contributed by atoms with Gasteiger partial charge in [-0.1, -0.05) is 60.7 Å². The van der Waals surface area contributed by atoms with Gasteiger partial charge in [-0.3, -0.25) is 9.59 Å². The molecule has 0 spiro atoms. The average molecular weight is 341 g/mol. The minimum absolute atomic E-state index is 0.0165. The van der Waals surface area contributed by atoms with Crippen molar-refractivity contribution in [1.82, 2.24) is 5.32 Å². The lowest BCUT2D eigenvalue weighted by molar-refractivity contribution is -0.137. The summed E-state index contributed by atoms with van der Waals surface area (Å²) in [6.45, 7) is 0.319. The van der Waals surface area contributed by atoms with Crippen molar-refractivity contribution in [2.75, 3.05) is 6.61 Å². The zero-order valence-electron chi connectivity index (χ0n) is 14.1. The topological polar surface area (TPSA) is 75.6 Å². The first-order chi connectivity index (χ1) is 12.1. The molecule has 0 saturated carbocycles. The molecule has 0 aromatic heterocycles. The molecular formula is C20H23NO4. The number of aliphatic carboxylic acids is 1. The van der Waals surface area contributed by atoms with E-state index in [1.165, 1.54) is 0 Å². The van der Waals surface area contributed by atoms with Crippen LogP contribution < -0.4 is 5.32 Å². The number of carbonyl (C=O) groups is 2. The molecule has 1 unspecified atom stereocenters. The van der Waals surface area contributed by atoms with Crippen LogP contribution in [0.1, 0.15) is 24.0 Å². The van der Waals surface area contributed by atoms with Gasteiger partial charge in [-0.05, 0) is 24.0 Å². The minimum atomic E-state index is -0.868. The maximum absolute atomic E-state index is 12.1. The molecule has 0 heterocycles. The van der Waals surface area contributed by atoms with E-state index >= 15 is 0 Å². The number of benzene rings is 2. The molecule has 1 amide bonds. The quantitative estimate of drug-likeness (QED) is 0.697. The second-order valence-corrected chi connectivity index (χ2v) is 5.86. The Kier molecular flexibility index (Phi) is 7.66. The first-order valence-corrected chi connectivity index (χ1v) is 8.30. The van der Waals surface area contributed by atoms with Gasteiger partial charge in [0.05, 0.1) is 6.61 Å². The molecule has 132 valence electrons. The third kappa shape index (κ3) is 7.63. The highest BCUT2D eigenvalue weighted by molar-refractivity contribution is 5.77. The van der Waals surface area contributed by atoms with Crippen LogP contribution >= 0.6 is 0 Å². The van der Waals surface area contributed by atoms with Crippen molar-refractivity contribution in [3.05, 3.63) is 71.8 Å². The molecule has 2 N–H and O–H groups in total. The molecule has 2 rings (SSSR count). The molecule has 0 bridgehead atoms. The molecule has 2 aromatic carbocycles. The van der Waals surface area contributed by atoms with Gasteiger partial charge in [0, 0.05) is 12.5 Å². The predicted octanol–water partition coefficient (Wildman–Crippen LogP) is 2.80. The Bertz CT molecular complexity index is 658. The van der Waals surface area contributed by atoms with Crippen molar-refractivity contribution in [3.63, 3.8) is 0 Å². The second kappa shape index (κ2) is 10.3. The van der Waals surface area contributed by atoms with E-state index in [0.29, 0.717) is 19.4 Å². The monoisotopic (exact) mass is 341 g/mol. The summed E-state index contributed by atoms with van der Waals surface area (Å²) in [5.41, 5.74) is 2.06. The standard InChI is InChI=1S/C20H23NO4/c22-19(15-25-14-17-9-5-2-6-10-17)21-18(11-12-20(23)24)13-16-7-3-1-4-8-16/h1-10,18H,11-15H2,(H,21,22)(H,23,24). The van der Waals surface area contributed by atoms with Crippen molar-refractivity contribution in [2.24, 2.45) is 0 Å². The summed E-state index contributed by atoms with van der Waals surface area (Å²) in [6, 6.07) is 19.1. The number of hydrogen-bond donors (Lipinski definition) is 2. The maximum Gasteiger partial charge on any atom is 0.303 e. The van der Waals surface area contributed by atoms with Crippen LogP contribution in [-0.2, 0) is 27.4 Å². The Labute approximate surface area is 147 Å². The Morgan fingerprint density at radius 1 is 0.960 bits per heavy atom. The van der Waals surface area contributed by atoms with Crippen molar-refractivity contribution in [2.45, 2.75) is 31.9 Å². The zero-order chi connectivity index (χ0) is 17.9. The lowest BCUT2D eigenvalue weighted by Gasteiger charge is -2.18. The van der Waals surface area contributed by atoms with Gasteiger partial charge in [0.25, 0.3) is 0 Å². The molecule has 0 saturated heterocycles. The van der Waals surface area contributed by atoms with Crippen molar-refractivity contribution in [1.29, 1.82) is 0 Å². The van der Waals surface area contributed by atoms with E-state index in [-0.39, 0.29) is 25.0 Å². The van der Waals surface area contributed by atoms with Gasteiger partial charge in [-0.15, -0.1) is 0 Å². The van der Waals surface area contributed by atoms with E-state index < -0.39 is 5.97 Å². The minimum Gasteiger partial charge on any atom is -0.481 e. The predicted molar refractivity (Wildman–Crippen MR) is 95.0 cm³/mol. The molecule has 2 aromatic rings. The van der Waals surface area contributed by atoms with Gasteiger partial charge in [-0.25, -0.2) is 0 Å². The average Bonchev–Trinajstić information content (AvgIpc) is 2.61. The number of nitrogens with one attached hydrogen (secondary N) is 1. The van der Waals surface area contributed by atoms with E-state index in [2.05, 4.69) is 5.32 Å². The van der Waals surface area contributed by atoms with E-state index in [4.69, 9.17) is 9.84 Å². The van der Waals surface area contributed by atoms with Gasteiger partial charge >= 0.3 is 5.97 Å². The van der Waals surface area contributed by atoms with Crippen LogP contribution in [0.4, 0.5) is 0 Å². The van der Waals surface area contributed by atoms with Crippen molar-refractivity contribution in [3.8, 4) is 0 Å². The first-order valence-electron chi connectivity index (χ1n) is 8.30. The van der Waals surface area contributed by atoms with Crippen LogP contribution in [0, 0.1) is 0 Å². The third-order valence-electron chi connectivity index (χ3n) is 3.74. The number of hydrogen-bond acceptors (Lipinski definition) is 3. The van der Waals surface area contributed by atoms with Crippen molar-refractivity contribution >= 4 is 11.9 Å².